The van der Waals surface area contributed by atoms with Crippen LogP contribution in [-0.4, -0.2) is 79.2 Å². The van der Waals surface area contributed by atoms with E-state index in [0.29, 0.717) is 43.9 Å². The van der Waals surface area contributed by atoms with Crippen molar-refractivity contribution in [1.29, 1.82) is 0 Å². The van der Waals surface area contributed by atoms with E-state index >= 15 is 0 Å². The van der Waals surface area contributed by atoms with Gasteiger partial charge in [-0.25, -0.2) is 4.98 Å². The molecule has 2 saturated heterocycles. The van der Waals surface area contributed by atoms with Crippen LogP contribution in [0.1, 0.15) is 37.4 Å². The number of carbonyl (C=O) groups excluding carboxylic acids is 2. The number of fused-ring (bicyclic) bond motifs is 3. The van der Waals surface area contributed by atoms with Gasteiger partial charge in [0.15, 0.2) is 0 Å². The zero-order valence-electron chi connectivity index (χ0n) is 20.7. The summed E-state index contributed by atoms with van der Waals surface area (Å²) in [5, 5.41) is 0. The molecular formula is C29H30N4O4. The zero-order valence-corrected chi connectivity index (χ0v) is 20.7. The van der Waals surface area contributed by atoms with Crippen LogP contribution in [0.15, 0.2) is 48.5 Å². The van der Waals surface area contributed by atoms with E-state index < -0.39 is 5.91 Å². The number of aromatic nitrogens is 1. The van der Waals surface area contributed by atoms with Crippen LogP contribution in [-0.2, 0) is 22.4 Å². The third-order valence-corrected chi connectivity index (χ3v) is 7.40. The number of primary amides is 1. The molecule has 8 heteroatoms. The van der Waals surface area contributed by atoms with Crippen molar-refractivity contribution < 1.29 is 19.1 Å². The third-order valence-electron chi connectivity index (χ3n) is 7.40. The molecule has 0 atom stereocenters. The Bertz CT molecular complexity index is 1360. The molecule has 0 saturated carbocycles. The first-order valence-electron chi connectivity index (χ1n) is 12.8. The fourth-order valence-electron chi connectivity index (χ4n) is 5.43. The van der Waals surface area contributed by atoms with E-state index in [9.17, 15) is 9.59 Å². The molecule has 0 spiro atoms. The molecule has 2 amide bonds. The molecule has 2 fully saturated rings. The zero-order chi connectivity index (χ0) is 25.4. The van der Waals surface area contributed by atoms with Gasteiger partial charge in [0.25, 0.3) is 5.91 Å². The van der Waals surface area contributed by atoms with Crippen molar-refractivity contribution in [3.63, 3.8) is 0 Å². The van der Waals surface area contributed by atoms with E-state index in [4.69, 9.17) is 20.2 Å². The average molecular weight is 499 g/mol. The van der Waals surface area contributed by atoms with Crippen molar-refractivity contribution in [2.24, 2.45) is 5.73 Å². The predicted molar refractivity (Wildman–Crippen MR) is 139 cm³/mol. The lowest BCUT2D eigenvalue weighted by Gasteiger charge is -2.27. The van der Waals surface area contributed by atoms with Crippen LogP contribution in [0, 0.1) is 0 Å². The van der Waals surface area contributed by atoms with Gasteiger partial charge in [0.05, 0.1) is 37.8 Å². The molecule has 8 nitrogen and oxygen atoms in total. The van der Waals surface area contributed by atoms with Gasteiger partial charge < -0.3 is 20.1 Å². The van der Waals surface area contributed by atoms with Crippen LogP contribution in [0.25, 0.3) is 22.5 Å². The second-order valence-electron chi connectivity index (χ2n) is 9.79. The normalized spacial score (nSPS) is 17.4. The average Bonchev–Trinajstić information content (AvgIpc) is 3.31. The van der Waals surface area contributed by atoms with Crippen molar-refractivity contribution >= 4 is 11.8 Å². The van der Waals surface area contributed by atoms with E-state index in [2.05, 4.69) is 17.0 Å². The van der Waals surface area contributed by atoms with Gasteiger partial charge in [-0.2, -0.15) is 0 Å². The van der Waals surface area contributed by atoms with Crippen molar-refractivity contribution in [3.05, 3.63) is 76.3 Å². The van der Waals surface area contributed by atoms with Gasteiger partial charge in [-0.05, 0) is 41.0 Å². The maximum Gasteiger partial charge on any atom is 0.254 e. The summed E-state index contributed by atoms with van der Waals surface area (Å²) in [6.45, 7) is 6.50. The number of benzene rings is 2. The Balaban J connectivity index is 1.33. The minimum Gasteiger partial charge on any atom is -0.379 e. The first-order chi connectivity index (χ1) is 18.1. The molecule has 2 N–H and O–H groups in total. The first-order valence-corrected chi connectivity index (χ1v) is 12.8. The topological polar surface area (TPSA) is 98.0 Å². The number of hydrogen-bond acceptors (Lipinski definition) is 6. The summed E-state index contributed by atoms with van der Waals surface area (Å²) in [5.74, 6) is -0.468. The van der Waals surface area contributed by atoms with Gasteiger partial charge in [0.1, 0.15) is 0 Å². The number of pyridine rings is 1. The fraction of sp³-hybridized carbons (Fsp3) is 0.345. The number of ether oxygens (including phenoxy) is 2. The van der Waals surface area contributed by atoms with Crippen molar-refractivity contribution in [3.8, 4) is 22.5 Å². The Kier molecular flexibility index (Phi) is 6.46. The lowest BCUT2D eigenvalue weighted by molar-refractivity contribution is 0.0303. The Hall–Kier alpha value is -3.59. The Labute approximate surface area is 216 Å². The molecule has 0 bridgehead atoms. The molecule has 3 heterocycles. The monoisotopic (exact) mass is 498 g/mol. The first kappa shape index (κ1) is 23.8. The summed E-state index contributed by atoms with van der Waals surface area (Å²) in [5.41, 5.74) is 13.4. The van der Waals surface area contributed by atoms with Gasteiger partial charge in [-0.15, -0.1) is 0 Å². The van der Waals surface area contributed by atoms with Crippen LogP contribution in [0.2, 0.25) is 0 Å². The van der Waals surface area contributed by atoms with Crippen molar-refractivity contribution in [2.75, 3.05) is 52.6 Å². The molecule has 37 heavy (non-hydrogen) atoms. The molecular weight excluding hydrogens is 468 g/mol. The van der Waals surface area contributed by atoms with Gasteiger partial charge in [0, 0.05) is 61.4 Å². The van der Waals surface area contributed by atoms with Gasteiger partial charge in [-0.1, -0.05) is 24.3 Å². The molecule has 2 aromatic carbocycles. The highest BCUT2D eigenvalue weighted by Crippen LogP contribution is 2.39. The predicted octanol–water partition coefficient (Wildman–Crippen LogP) is 2.72. The highest BCUT2D eigenvalue weighted by atomic mass is 16.5. The fourth-order valence-corrected chi connectivity index (χ4v) is 5.43. The summed E-state index contributed by atoms with van der Waals surface area (Å²) >= 11 is 0. The van der Waals surface area contributed by atoms with E-state index in [1.807, 2.05) is 35.2 Å². The maximum atomic E-state index is 13.0. The largest absolute Gasteiger partial charge is 0.379 e. The highest BCUT2D eigenvalue weighted by molar-refractivity contribution is 6.00. The summed E-state index contributed by atoms with van der Waals surface area (Å²) in [6.07, 6.45) is 0.525. The minimum absolute atomic E-state index is 0.00270. The molecule has 3 aliphatic rings. The number of amides is 2. The van der Waals surface area contributed by atoms with Crippen LogP contribution in [0.5, 0.6) is 0 Å². The van der Waals surface area contributed by atoms with E-state index in [-0.39, 0.29) is 5.91 Å². The number of nitrogens with zero attached hydrogens (tertiary/aromatic N) is 3. The molecule has 0 unspecified atom stereocenters. The van der Waals surface area contributed by atoms with Crippen LogP contribution in [0.3, 0.4) is 0 Å². The molecule has 190 valence electrons. The maximum absolute atomic E-state index is 13.0. The standard InChI is InChI=1S/C29H30N4O4/c30-28(34)25-17-26(20-3-1-2-19(14-20)18-32-6-10-36-11-7-32)31-27-23-5-4-21(15-22(23)16-24(25)27)29(35)33-8-12-37-13-9-33/h1-5,14-15,17H,6-13,16,18H2,(H2,30,34). The molecule has 1 aliphatic carbocycles. The van der Waals surface area contributed by atoms with Crippen LogP contribution >= 0.6 is 0 Å². The highest BCUT2D eigenvalue weighted by Gasteiger charge is 2.28. The lowest BCUT2D eigenvalue weighted by Crippen LogP contribution is -2.40. The summed E-state index contributed by atoms with van der Waals surface area (Å²) in [7, 11) is 0. The van der Waals surface area contributed by atoms with E-state index in [1.54, 1.807) is 6.07 Å². The minimum atomic E-state index is -0.471. The third kappa shape index (κ3) is 4.75. The van der Waals surface area contributed by atoms with E-state index in [1.165, 1.54) is 5.56 Å². The SMILES string of the molecule is NC(=O)c1cc(-c2cccc(CN3CCOCC3)c2)nc2c1Cc1cc(C(=O)N3CCOCC3)ccc1-2. The number of nitrogens with two attached hydrogens (primary N) is 1. The summed E-state index contributed by atoms with van der Waals surface area (Å²) < 4.78 is 10.8. The number of carbonyl (C=O) groups is 2. The number of morpholine rings is 2. The van der Waals surface area contributed by atoms with Gasteiger partial charge >= 0.3 is 0 Å². The van der Waals surface area contributed by atoms with Gasteiger partial charge in [0.2, 0.25) is 5.91 Å². The smallest absolute Gasteiger partial charge is 0.254 e. The number of rotatable bonds is 5. The summed E-state index contributed by atoms with van der Waals surface area (Å²) in [4.78, 5) is 34.7. The van der Waals surface area contributed by atoms with Crippen molar-refractivity contribution in [2.45, 2.75) is 13.0 Å². The second-order valence-corrected chi connectivity index (χ2v) is 9.79. The Morgan fingerprint density at radius 3 is 2.43 bits per heavy atom. The van der Waals surface area contributed by atoms with Crippen LogP contribution < -0.4 is 5.73 Å². The quantitative estimate of drug-likeness (QED) is 0.454. The molecule has 3 aromatic rings. The molecule has 1 aromatic heterocycles. The van der Waals surface area contributed by atoms with Gasteiger partial charge in [-0.3, -0.25) is 14.5 Å². The number of hydrogen-bond donors (Lipinski definition) is 1. The Morgan fingerprint density at radius 1 is 0.919 bits per heavy atom. The lowest BCUT2D eigenvalue weighted by atomic mass is 10.0. The molecule has 6 rings (SSSR count). The Morgan fingerprint density at radius 2 is 1.68 bits per heavy atom. The summed E-state index contributed by atoms with van der Waals surface area (Å²) in [6, 6.07) is 15.8. The van der Waals surface area contributed by atoms with Crippen molar-refractivity contribution in [1.82, 2.24) is 14.8 Å². The molecule has 2 aliphatic heterocycles. The molecule has 0 radical (unpaired) electrons. The van der Waals surface area contributed by atoms with E-state index in [0.717, 1.165) is 66.5 Å². The second kappa shape index (κ2) is 10.0. The van der Waals surface area contributed by atoms with Crippen LogP contribution in [0.4, 0.5) is 0 Å².